The number of amides is 4. The van der Waals surface area contributed by atoms with Crippen LogP contribution in [0.4, 0.5) is 0 Å². The number of nitrogens with two attached hydrogens (primary N) is 4. The van der Waals surface area contributed by atoms with Crippen LogP contribution in [-0.2, 0) is 24.0 Å². The lowest BCUT2D eigenvalue weighted by Gasteiger charge is -2.30. The van der Waals surface area contributed by atoms with Crippen LogP contribution in [0.15, 0.2) is 4.99 Å². The van der Waals surface area contributed by atoms with E-state index in [1.165, 1.54) is 4.90 Å². The van der Waals surface area contributed by atoms with Gasteiger partial charge in [-0.3, -0.25) is 24.2 Å². The number of likely N-dealkylation sites (tertiary alicyclic amines) is 1. The zero-order valence-corrected chi connectivity index (χ0v) is 20.2. The van der Waals surface area contributed by atoms with Gasteiger partial charge >= 0.3 is 5.97 Å². The first-order valence-electron chi connectivity index (χ1n) is 11.6. The lowest BCUT2D eigenvalue weighted by Crippen LogP contribution is -2.57. The van der Waals surface area contributed by atoms with Crippen molar-refractivity contribution in [2.24, 2.45) is 33.8 Å². The number of nitrogens with zero attached hydrogens (tertiary/aromatic N) is 2. The Morgan fingerprint density at radius 3 is 2.29 bits per heavy atom. The summed E-state index contributed by atoms with van der Waals surface area (Å²) < 4.78 is 0. The third-order valence-corrected chi connectivity index (χ3v) is 5.48. The van der Waals surface area contributed by atoms with Crippen LogP contribution in [0.2, 0.25) is 0 Å². The van der Waals surface area contributed by atoms with E-state index in [0.29, 0.717) is 25.7 Å². The van der Waals surface area contributed by atoms with Crippen LogP contribution in [0.3, 0.4) is 0 Å². The van der Waals surface area contributed by atoms with E-state index in [2.05, 4.69) is 15.6 Å². The van der Waals surface area contributed by atoms with Crippen molar-refractivity contribution < 1.29 is 29.1 Å². The highest BCUT2D eigenvalue weighted by atomic mass is 16.4. The number of aliphatic carboxylic acids is 1. The summed E-state index contributed by atoms with van der Waals surface area (Å²) in [5.74, 6) is -3.95. The van der Waals surface area contributed by atoms with Gasteiger partial charge in [-0.15, -0.1) is 0 Å². The molecular formula is C21H38N8O6. The number of aliphatic imine (C=N–C) groups is 1. The number of primary amides is 1. The molecule has 0 aliphatic carbocycles. The second-order valence-electron chi connectivity index (χ2n) is 9.01. The van der Waals surface area contributed by atoms with Crippen molar-refractivity contribution in [3.63, 3.8) is 0 Å². The minimum Gasteiger partial charge on any atom is -0.480 e. The van der Waals surface area contributed by atoms with Gasteiger partial charge < -0.3 is 43.6 Å². The van der Waals surface area contributed by atoms with Crippen LogP contribution in [0, 0.1) is 5.92 Å². The van der Waals surface area contributed by atoms with Crippen molar-refractivity contribution in [2.45, 2.75) is 76.5 Å². The SMILES string of the molecule is CC(C)CC(N)C(=O)NC(CCCN=C(N)N)C(=O)N1CCCC1C(=O)NC(CC(N)=O)C(=O)O. The van der Waals surface area contributed by atoms with Crippen LogP contribution in [-0.4, -0.2) is 82.8 Å². The molecule has 14 nitrogen and oxygen atoms in total. The smallest absolute Gasteiger partial charge is 0.326 e. The number of carboxylic acids is 1. The molecule has 4 amide bonds. The third kappa shape index (κ3) is 10.2. The topological polar surface area (TPSA) is 249 Å². The third-order valence-electron chi connectivity index (χ3n) is 5.48. The van der Waals surface area contributed by atoms with E-state index in [4.69, 9.17) is 22.9 Å². The maximum absolute atomic E-state index is 13.4. The molecule has 198 valence electrons. The van der Waals surface area contributed by atoms with E-state index in [0.717, 1.165) is 0 Å². The van der Waals surface area contributed by atoms with Crippen LogP contribution < -0.4 is 33.6 Å². The Labute approximate surface area is 204 Å². The number of nitrogens with one attached hydrogen (secondary N) is 2. The maximum atomic E-state index is 13.4. The van der Waals surface area contributed by atoms with Gasteiger partial charge in [0, 0.05) is 13.1 Å². The van der Waals surface area contributed by atoms with E-state index in [9.17, 15) is 29.1 Å². The lowest BCUT2D eigenvalue weighted by atomic mass is 10.0. The van der Waals surface area contributed by atoms with Crippen molar-refractivity contribution in [3.8, 4) is 0 Å². The molecule has 35 heavy (non-hydrogen) atoms. The van der Waals surface area contributed by atoms with Gasteiger partial charge in [-0.2, -0.15) is 0 Å². The molecular weight excluding hydrogens is 460 g/mol. The van der Waals surface area contributed by atoms with Gasteiger partial charge in [-0.25, -0.2) is 4.79 Å². The maximum Gasteiger partial charge on any atom is 0.326 e. The fourth-order valence-corrected chi connectivity index (χ4v) is 3.83. The molecule has 0 aromatic rings. The molecule has 0 radical (unpaired) electrons. The lowest BCUT2D eigenvalue weighted by molar-refractivity contribution is -0.146. The molecule has 0 spiro atoms. The molecule has 1 aliphatic rings. The molecule has 1 fully saturated rings. The average Bonchev–Trinajstić information content (AvgIpc) is 3.23. The molecule has 0 saturated carbocycles. The van der Waals surface area contributed by atoms with Crippen LogP contribution in [0.1, 0.15) is 52.4 Å². The van der Waals surface area contributed by atoms with E-state index in [1.807, 2.05) is 13.8 Å². The first-order chi connectivity index (χ1) is 16.3. The summed E-state index contributed by atoms with van der Waals surface area (Å²) in [7, 11) is 0. The largest absolute Gasteiger partial charge is 0.480 e. The molecule has 1 saturated heterocycles. The van der Waals surface area contributed by atoms with Gasteiger partial charge in [-0.05, 0) is 38.0 Å². The second-order valence-corrected chi connectivity index (χ2v) is 9.01. The molecule has 0 bridgehead atoms. The molecule has 11 N–H and O–H groups in total. The molecule has 1 rings (SSSR count). The predicted molar refractivity (Wildman–Crippen MR) is 127 cm³/mol. The first-order valence-corrected chi connectivity index (χ1v) is 11.6. The number of carbonyl (C=O) groups is 5. The van der Waals surface area contributed by atoms with Crippen LogP contribution in [0.25, 0.3) is 0 Å². The summed E-state index contributed by atoms with van der Waals surface area (Å²) in [4.78, 5) is 66.5. The quantitative estimate of drug-likeness (QED) is 0.0748. The van der Waals surface area contributed by atoms with Crippen LogP contribution in [0.5, 0.6) is 0 Å². The highest BCUT2D eigenvalue weighted by Gasteiger charge is 2.39. The second kappa shape index (κ2) is 14.1. The van der Waals surface area contributed by atoms with Gasteiger partial charge in [0.15, 0.2) is 5.96 Å². The van der Waals surface area contributed by atoms with Gasteiger partial charge in [0.1, 0.15) is 18.1 Å². The Bertz CT molecular complexity index is 814. The van der Waals surface area contributed by atoms with Gasteiger partial charge in [0.05, 0.1) is 12.5 Å². The Kier molecular flexibility index (Phi) is 11.9. The zero-order chi connectivity index (χ0) is 26.7. The fourth-order valence-electron chi connectivity index (χ4n) is 3.83. The summed E-state index contributed by atoms with van der Waals surface area (Å²) in [5, 5.41) is 14.2. The number of carboxylic acid groups (broad SMARTS) is 1. The minimum absolute atomic E-state index is 0.101. The van der Waals surface area contributed by atoms with E-state index in [-0.39, 0.29) is 31.4 Å². The standard InChI is InChI=1S/C21H38N8O6/c1-11(2)9-12(22)17(31)27-13(5-3-7-26-21(24)25)19(33)29-8-4-6-15(29)18(32)28-14(20(34)35)10-16(23)30/h11-15H,3-10,22H2,1-2H3,(H2,23,30)(H,27,31)(H,28,32)(H,34,35)(H4,24,25,26). The Balaban J connectivity index is 2.99. The Morgan fingerprint density at radius 1 is 1.09 bits per heavy atom. The van der Waals surface area contributed by atoms with E-state index < -0.39 is 60.2 Å². The van der Waals surface area contributed by atoms with Crippen molar-refractivity contribution in [1.29, 1.82) is 0 Å². The van der Waals surface area contributed by atoms with Crippen LogP contribution >= 0.6 is 0 Å². The number of guanidine groups is 1. The number of rotatable bonds is 14. The molecule has 4 unspecified atom stereocenters. The Morgan fingerprint density at radius 2 is 1.74 bits per heavy atom. The average molecular weight is 499 g/mol. The highest BCUT2D eigenvalue weighted by molar-refractivity contribution is 5.95. The fraction of sp³-hybridized carbons (Fsp3) is 0.714. The molecule has 14 heteroatoms. The summed E-state index contributed by atoms with van der Waals surface area (Å²) in [6.07, 6.45) is 1.20. The summed E-state index contributed by atoms with van der Waals surface area (Å²) in [6.45, 7) is 4.31. The highest BCUT2D eigenvalue weighted by Crippen LogP contribution is 2.20. The van der Waals surface area contributed by atoms with Crippen molar-refractivity contribution in [1.82, 2.24) is 15.5 Å². The van der Waals surface area contributed by atoms with E-state index in [1.54, 1.807) is 0 Å². The minimum atomic E-state index is -1.51. The van der Waals surface area contributed by atoms with Crippen molar-refractivity contribution in [3.05, 3.63) is 0 Å². The zero-order valence-electron chi connectivity index (χ0n) is 20.2. The monoisotopic (exact) mass is 498 g/mol. The molecule has 1 aliphatic heterocycles. The molecule has 0 aromatic carbocycles. The first kappa shape index (κ1) is 29.6. The van der Waals surface area contributed by atoms with Crippen molar-refractivity contribution >= 4 is 35.6 Å². The summed E-state index contributed by atoms with van der Waals surface area (Å²) in [6, 6.07) is -4.27. The summed E-state index contributed by atoms with van der Waals surface area (Å²) >= 11 is 0. The van der Waals surface area contributed by atoms with E-state index >= 15 is 0 Å². The van der Waals surface area contributed by atoms with Gasteiger partial charge in [0.25, 0.3) is 0 Å². The predicted octanol–water partition coefficient (Wildman–Crippen LogP) is -2.67. The molecule has 0 aromatic heterocycles. The summed E-state index contributed by atoms with van der Waals surface area (Å²) in [5.41, 5.74) is 21.7. The Hall–Kier alpha value is -3.42. The number of hydrogen-bond donors (Lipinski definition) is 7. The number of carbonyl (C=O) groups excluding carboxylic acids is 4. The molecule has 4 atom stereocenters. The van der Waals surface area contributed by atoms with Gasteiger partial charge in [-0.1, -0.05) is 13.8 Å². The molecule has 1 heterocycles. The van der Waals surface area contributed by atoms with Gasteiger partial charge in [0.2, 0.25) is 23.6 Å². The number of hydrogen-bond acceptors (Lipinski definition) is 7. The normalized spacial score (nSPS) is 17.8. The van der Waals surface area contributed by atoms with Crippen molar-refractivity contribution in [2.75, 3.05) is 13.1 Å².